The predicted molar refractivity (Wildman–Crippen MR) is 232 cm³/mol. The van der Waals surface area contributed by atoms with Gasteiger partial charge in [0, 0.05) is 31.1 Å². The summed E-state index contributed by atoms with van der Waals surface area (Å²) >= 11 is 0. The van der Waals surface area contributed by atoms with Gasteiger partial charge in [-0.1, -0.05) is 106 Å². The van der Waals surface area contributed by atoms with Crippen LogP contribution in [0.15, 0.2) is 47.1 Å². The highest BCUT2D eigenvalue weighted by Crippen LogP contribution is 2.51. The lowest BCUT2D eigenvalue weighted by molar-refractivity contribution is -0.353. The molecule has 57 heavy (non-hydrogen) atoms. The van der Waals surface area contributed by atoms with Gasteiger partial charge in [-0.05, 0) is 79.2 Å². The van der Waals surface area contributed by atoms with E-state index in [1.54, 1.807) is 0 Å². The van der Waals surface area contributed by atoms with Crippen LogP contribution in [0.1, 0.15) is 115 Å². The molecule has 0 aromatic rings. The van der Waals surface area contributed by atoms with Gasteiger partial charge in [0.2, 0.25) is 0 Å². The Bertz CT molecular complexity index is 1590. The smallest absolute Gasteiger partial charge is 0.316 e. The highest BCUT2D eigenvalue weighted by molar-refractivity contribution is 6.74. The SMILES string of the molecule is CC[C@H](C)[C@H]1O[C@]2(CC(O[Si](C)(C)C(C)(C)C)[C@@H]1C)C[C@@H]1C[C@@H](C/C=C(/C)[C@H](O)[C@@H](C)/C=C\C=C3CO[C@@H]4[C@H](O[Si](C)(C)C(C)(C)C)C(C)=C[C@@H](C(=O)O1)[C@]34O)O2. The fourth-order valence-electron chi connectivity index (χ4n) is 8.89. The Morgan fingerprint density at radius 1 is 0.947 bits per heavy atom. The van der Waals surface area contributed by atoms with Crippen molar-refractivity contribution in [3.8, 4) is 0 Å². The Hall–Kier alpha value is -1.42. The zero-order valence-corrected chi connectivity index (χ0v) is 40.2. The minimum atomic E-state index is -2.32. The Labute approximate surface area is 347 Å². The van der Waals surface area contributed by atoms with E-state index in [4.69, 9.17) is 27.8 Å². The molecular formula is C46H78O9Si2. The molecule has 5 aliphatic rings. The molecule has 2 N–H and O–H groups in total. The number of carbonyl (C=O) groups is 1. The lowest BCUT2D eigenvalue weighted by Gasteiger charge is -2.55. The first kappa shape index (κ1) is 46.6. The van der Waals surface area contributed by atoms with Crippen molar-refractivity contribution in [1.29, 1.82) is 0 Å². The number of hydrogen-bond donors (Lipinski definition) is 2. The Balaban J connectivity index is 1.59. The van der Waals surface area contributed by atoms with E-state index in [2.05, 4.69) is 94.6 Å². The molecular weight excluding hydrogens is 753 g/mol. The van der Waals surface area contributed by atoms with Crippen molar-refractivity contribution in [1.82, 2.24) is 0 Å². The number of allylic oxidation sites excluding steroid dienone is 2. The first-order valence-corrected chi connectivity index (χ1v) is 27.6. The van der Waals surface area contributed by atoms with Crippen molar-refractivity contribution < 1.29 is 42.8 Å². The van der Waals surface area contributed by atoms with Gasteiger partial charge in [-0.3, -0.25) is 4.79 Å². The molecule has 4 heterocycles. The summed E-state index contributed by atoms with van der Waals surface area (Å²) < 4.78 is 41.5. The van der Waals surface area contributed by atoms with E-state index in [-0.39, 0.29) is 52.7 Å². The van der Waals surface area contributed by atoms with E-state index in [0.717, 1.165) is 17.6 Å². The number of fused-ring (bicyclic) bond motifs is 2. The van der Waals surface area contributed by atoms with Gasteiger partial charge >= 0.3 is 5.97 Å². The molecule has 0 saturated carbocycles. The lowest BCUT2D eigenvalue weighted by atomic mass is 9.71. The van der Waals surface area contributed by atoms with Crippen molar-refractivity contribution in [3.05, 3.63) is 47.1 Å². The van der Waals surface area contributed by atoms with Crippen LogP contribution in [0, 0.1) is 23.7 Å². The maximum absolute atomic E-state index is 14.8. The van der Waals surface area contributed by atoms with Crippen molar-refractivity contribution in [2.45, 2.75) is 206 Å². The summed E-state index contributed by atoms with van der Waals surface area (Å²) in [6, 6.07) is 0. The number of aliphatic hydroxyl groups is 2. The second kappa shape index (κ2) is 16.8. The van der Waals surface area contributed by atoms with Crippen LogP contribution in [0.25, 0.3) is 0 Å². The molecule has 0 aromatic heterocycles. The fraction of sp³-hybridized carbons (Fsp3) is 0.804. The van der Waals surface area contributed by atoms with Gasteiger partial charge in [0.05, 0.1) is 37.1 Å². The summed E-state index contributed by atoms with van der Waals surface area (Å²) in [5.74, 6) is -2.38. The molecule has 13 atom stereocenters. The summed E-state index contributed by atoms with van der Waals surface area (Å²) in [7, 11) is -4.51. The minimum absolute atomic E-state index is 0.0197. The van der Waals surface area contributed by atoms with Gasteiger partial charge in [0.15, 0.2) is 22.4 Å². The maximum atomic E-state index is 14.8. The molecule has 4 aliphatic heterocycles. The van der Waals surface area contributed by atoms with E-state index in [1.807, 2.05) is 45.1 Å². The molecule has 5 rings (SSSR count). The van der Waals surface area contributed by atoms with Gasteiger partial charge < -0.3 is 38.0 Å². The van der Waals surface area contributed by atoms with Gasteiger partial charge in [-0.15, -0.1) is 0 Å². The van der Waals surface area contributed by atoms with Crippen LogP contribution in [-0.2, 0) is 32.6 Å². The first-order chi connectivity index (χ1) is 26.2. The van der Waals surface area contributed by atoms with E-state index in [0.29, 0.717) is 31.3 Å². The molecule has 0 aromatic carbocycles. The predicted octanol–water partition coefficient (Wildman–Crippen LogP) is 9.56. The molecule has 0 amide bonds. The highest BCUT2D eigenvalue weighted by atomic mass is 28.4. The lowest BCUT2D eigenvalue weighted by Crippen LogP contribution is -2.62. The monoisotopic (exact) mass is 831 g/mol. The molecule has 3 saturated heterocycles. The molecule has 1 spiro atoms. The van der Waals surface area contributed by atoms with E-state index >= 15 is 0 Å². The number of rotatable bonds is 6. The van der Waals surface area contributed by atoms with Crippen molar-refractivity contribution in [2.24, 2.45) is 23.7 Å². The summed E-state index contributed by atoms with van der Waals surface area (Å²) in [4.78, 5) is 14.8. The van der Waals surface area contributed by atoms with Gasteiger partial charge in [-0.25, -0.2) is 0 Å². The van der Waals surface area contributed by atoms with E-state index in [1.165, 1.54) is 0 Å². The highest BCUT2D eigenvalue weighted by Gasteiger charge is 2.62. The summed E-state index contributed by atoms with van der Waals surface area (Å²) in [6.45, 7) is 35.1. The molecule has 3 fully saturated rings. The quantitative estimate of drug-likeness (QED) is 0.154. The van der Waals surface area contributed by atoms with Crippen LogP contribution >= 0.6 is 0 Å². The molecule has 1 unspecified atom stereocenters. The second-order valence-corrected chi connectivity index (χ2v) is 30.9. The zero-order valence-electron chi connectivity index (χ0n) is 38.2. The van der Waals surface area contributed by atoms with Crippen LogP contribution < -0.4 is 0 Å². The molecule has 324 valence electrons. The summed E-state index contributed by atoms with van der Waals surface area (Å²) in [5, 5.41) is 24.4. The van der Waals surface area contributed by atoms with Crippen LogP contribution in [0.3, 0.4) is 0 Å². The standard InChI is InChI=1S/C46H78O9Si2/c1-17-28(2)39-32(6)37(54-56(13,14)43(7,8)9)26-45(53-39)25-35-24-34(52-45)22-21-30(4)38(47)29(3)19-18-20-33-27-50-41-40(55-57(15,16)44(10,11)12)31(5)23-36(42(48)51-35)46(33,41)49/h18-21,23,28-29,32,34-41,47,49H,17,22,24-27H2,1-16H3/b19-18-,30-21-,33-20?/t28-,29-,32-,34+,35-,36-,37?,38+,39+,40+,41+,45-,46+/m0/s1. The fourth-order valence-corrected chi connectivity index (χ4v) is 11.6. The van der Waals surface area contributed by atoms with Crippen LogP contribution in [0.5, 0.6) is 0 Å². The second-order valence-electron chi connectivity index (χ2n) is 21.4. The Morgan fingerprint density at radius 2 is 1.58 bits per heavy atom. The molecule has 2 bridgehead atoms. The third-order valence-electron chi connectivity index (χ3n) is 15.0. The summed E-state index contributed by atoms with van der Waals surface area (Å²) in [5.41, 5.74) is 0.589. The average Bonchev–Trinajstić information content (AvgIpc) is 3.43. The number of carbonyl (C=O) groups excluding carboxylic acids is 1. The van der Waals surface area contributed by atoms with E-state index in [9.17, 15) is 15.0 Å². The molecule has 0 radical (unpaired) electrons. The Morgan fingerprint density at radius 3 is 2.19 bits per heavy atom. The van der Waals surface area contributed by atoms with E-state index < -0.39 is 64.3 Å². The number of aliphatic hydroxyl groups excluding tert-OH is 1. The minimum Gasteiger partial charge on any atom is -0.462 e. The third-order valence-corrected chi connectivity index (χ3v) is 24.0. The van der Waals surface area contributed by atoms with Gasteiger partial charge in [0.1, 0.15) is 23.7 Å². The van der Waals surface area contributed by atoms with Gasteiger partial charge in [0.25, 0.3) is 0 Å². The zero-order chi connectivity index (χ0) is 42.7. The number of esters is 1. The molecule has 9 nitrogen and oxygen atoms in total. The molecule has 11 heteroatoms. The number of ether oxygens (including phenoxy) is 4. The maximum Gasteiger partial charge on any atom is 0.316 e. The Kier molecular flexibility index (Phi) is 13.7. The molecule has 1 aliphatic carbocycles. The van der Waals surface area contributed by atoms with Crippen molar-refractivity contribution >= 4 is 22.6 Å². The van der Waals surface area contributed by atoms with Gasteiger partial charge in [-0.2, -0.15) is 0 Å². The van der Waals surface area contributed by atoms with Crippen LogP contribution in [0.2, 0.25) is 36.3 Å². The topological polar surface area (TPSA) is 113 Å². The first-order valence-electron chi connectivity index (χ1n) is 21.8. The van der Waals surface area contributed by atoms with Crippen LogP contribution in [-0.4, -0.2) is 93.5 Å². The van der Waals surface area contributed by atoms with Crippen molar-refractivity contribution in [3.63, 3.8) is 0 Å². The number of hydrogen-bond acceptors (Lipinski definition) is 9. The summed E-state index contributed by atoms with van der Waals surface area (Å²) in [6.07, 6.45) is 9.20. The third kappa shape index (κ3) is 9.42. The van der Waals surface area contributed by atoms with Crippen molar-refractivity contribution in [2.75, 3.05) is 6.61 Å². The van der Waals surface area contributed by atoms with Crippen LogP contribution in [0.4, 0.5) is 0 Å². The average molecular weight is 831 g/mol. The normalized spacial score (nSPS) is 40.7. The largest absolute Gasteiger partial charge is 0.462 e.